The molecule has 7 heteroatoms. The van der Waals surface area contributed by atoms with Gasteiger partial charge in [0.15, 0.2) is 15.0 Å². The summed E-state index contributed by atoms with van der Waals surface area (Å²) in [5.41, 5.74) is 4.34. The van der Waals surface area contributed by atoms with Crippen LogP contribution in [0.1, 0.15) is 36.7 Å². The number of aryl methyl sites for hydroxylation is 1. The van der Waals surface area contributed by atoms with Gasteiger partial charge in [-0.3, -0.25) is 0 Å². The normalized spacial score (nSPS) is 23.3. The maximum Gasteiger partial charge on any atom is 0.183 e. The fraction of sp³-hybridized carbons (Fsp3) is 0.562. The van der Waals surface area contributed by atoms with Crippen LogP contribution in [-0.4, -0.2) is 35.5 Å². The van der Waals surface area contributed by atoms with Crippen molar-refractivity contribution in [2.75, 3.05) is 16.8 Å². The summed E-state index contributed by atoms with van der Waals surface area (Å²) >= 11 is 1.64. The Kier molecular flexibility index (Phi) is 3.53. The van der Waals surface area contributed by atoms with Gasteiger partial charge in [0.25, 0.3) is 0 Å². The van der Waals surface area contributed by atoms with E-state index in [1.807, 2.05) is 0 Å². The first-order valence-electron chi connectivity index (χ1n) is 8.04. The summed E-state index contributed by atoms with van der Waals surface area (Å²) in [6.45, 7) is 4.12. The van der Waals surface area contributed by atoms with Crippen molar-refractivity contribution in [2.24, 2.45) is 0 Å². The maximum absolute atomic E-state index is 11.8. The minimum Gasteiger partial charge on any atom is -0.359 e. The van der Waals surface area contributed by atoms with Crippen LogP contribution >= 0.6 is 11.3 Å². The van der Waals surface area contributed by atoms with Gasteiger partial charge >= 0.3 is 0 Å². The summed E-state index contributed by atoms with van der Waals surface area (Å²) in [5, 5.41) is 6.50. The van der Waals surface area contributed by atoms with Gasteiger partial charge in [-0.2, -0.15) is 0 Å². The van der Waals surface area contributed by atoms with E-state index in [9.17, 15) is 8.42 Å². The zero-order valence-corrected chi connectivity index (χ0v) is 15.0. The number of sulfone groups is 1. The number of nitrogens with one attached hydrogen (secondary N) is 1. The van der Waals surface area contributed by atoms with Crippen molar-refractivity contribution in [1.82, 2.24) is 9.55 Å². The molecule has 0 spiro atoms. The summed E-state index contributed by atoms with van der Waals surface area (Å²) in [4.78, 5) is 4.71. The summed E-state index contributed by atoms with van der Waals surface area (Å²) in [6, 6.07) is 2.80. The summed E-state index contributed by atoms with van der Waals surface area (Å²) in [5.74, 6) is 0.560. The van der Waals surface area contributed by atoms with E-state index in [0.29, 0.717) is 18.2 Å². The Morgan fingerprint density at radius 2 is 2.09 bits per heavy atom. The van der Waals surface area contributed by atoms with E-state index in [-0.39, 0.29) is 11.8 Å². The standard InChI is InChI=1S/C16H21N3O2S2/c1-10-7-14(15-8-22-16(18-15)17-12-3-4-12)11(2)19(10)13-5-6-23(20,21)9-13/h7-8,12-13H,3-6,9H2,1-2H3,(H,17,18)/t13-/m0/s1. The van der Waals surface area contributed by atoms with Gasteiger partial charge in [-0.05, 0) is 39.2 Å². The number of thiazole rings is 1. The lowest BCUT2D eigenvalue weighted by molar-refractivity contribution is 0.536. The van der Waals surface area contributed by atoms with E-state index in [1.54, 1.807) is 11.3 Å². The fourth-order valence-corrected chi connectivity index (χ4v) is 5.93. The largest absolute Gasteiger partial charge is 0.359 e. The first kappa shape index (κ1) is 15.2. The van der Waals surface area contributed by atoms with E-state index in [0.717, 1.165) is 27.8 Å². The second-order valence-electron chi connectivity index (χ2n) is 6.67. The molecule has 1 aliphatic heterocycles. The van der Waals surface area contributed by atoms with Gasteiger partial charge in [-0.15, -0.1) is 11.3 Å². The molecule has 0 radical (unpaired) electrons. The molecule has 23 heavy (non-hydrogen) atoms. The maximum atomic E-state index is 11.8. The molecule has 2 aromatic heterocycles. The van der Waals surface area contributed by atoms with E-state index in [2.05, 4.69) is 35.2 Å². The fourth-order valence-electron chi connectivity index (χ4n) is 3.44. The molecule has 2 fully saturated rings. The Morgan fingerprint density at radius 3 is 2.74 bits per heavy atom. The number of anilines is 1. The van der Waals surface area contributed by atoms with Crippen molar-refractivity contribution in [3.63, 3.8) is 0 Å². The molecule has 1 aliphatic carbocycles. The molecule has 4 rings (SSSR count). The third-order valence-electron chi connectivity index (χ3n) is 4.74. The Morgan fingerprint density at radius 1 is 1.30 bits per heavy atom. The van der Waals surface area contributed by atoms with Gasteiger partial charge < -0.3 is 9.88 Å². The van der Waals surface area contributed by atoms with Crippen LogP contribution in [0.2, 0.25) is 0 Å². The van der Waals surface area contributed by atoms with Crippen molar-refractivity contribution in [2.45, 2.75) is 45.2 Å². The molecule has 5 nitrogen and oxygen atoms in total. The van der Waals surface area contributed by atoms with E-state index in [4.69, 9.17) is 4.98 Å². The number of rotatable bonds is 4. The van der Waals surface area contributed by atoms with Crippen LogP contribution in [0.3, 0.4) is 0 Å². The summed E-state index contributed by atoms with van der Waals surface area (Å²) in [6.07, 6.45) is 3.18. The molecule has 1 N–H and O–H groups in total. The molecular formula is C16H21N3O2S2. The van der Waals surface area contributed by atoms with Crippen LogP contribution < -0.4 is 5.32 Å². The molecule has 2 aromatic rings. The molecule has 124 valence electrons. The first-order chi connectivity index (χ1) is 10.9. The quantitative estimate of drug-likeness (QED) is 0.919. The van der Waals surface area contributed by atoms with Gasteiger partial charge in [0, 0.05) is 34.4 Å². The number of hydrogen-bond donors (Lipinski definition) is 1. The highest BCUT2D eigenvalue weighted by Gasteiger charge is 2.31. The number of aromatic nitrogens is 2. The van der Waals surface area contributed by atoms with Crippen molar-refractivity contribution in [3.8, 4) is 11.3 Å². The van der Waals surface area contributed by atoms with Crippen LogP contribution in [0.4, 0.5) is 5.13 Å². The SMILES string of the molecule is Cc1cc(-c2csc(NC3CC3)n2)c(C)n1[C@H]1CCS(=O)(=O)C1. The number of hydrogen-bond acceptors (Lipinski definition) is 5. The molecular weight excluding hydrogens is 330 g/mol. The highest BCUT2D eigenvalue weighted by Crippen LogP contribution is 2.35. The smallest absolute Gasteiger partial charge is 0.183 e. The van der Waals surface area contributed by atoms with E-state index in [1.165, 1.54) is 12.8 Å². The third-order valence-corrected chi connectivity index (χ3v) is 7.27. The van der Waals surface area contributed by atoms with Crippen molar-refractivity contribution >= 4 is 26.3 Å². The summed E-state index contributed by atoms with van der Waals surface area (Å²) < 4.78 is 25.8. The highest BCUT2D eigenvalue weighted by atomic mass is 32.2. The first-order valence-corrected chi connectivity index (χ1v) is 10.7. The van der Waals surface area contributed by atoms with Gasteiger partial charge in [-0.25, -0.2) is 13.4 Å². The molecule has 0 amide bonds. The molecule has 0 bridgehead atoms. The average Bonchev–Trinajstić information content (AvgIpc) is 2.91. The van der Waals surface area contributed by atoms with Crippen molar-refractivity contribution in [1.29, 1.82) is 0 Å². The molecule has 1 saturated heterocycles. The van der Waals surface area contributed by atoms with Crippen LogP contribution in [0, 0.1) is 13.8 Å². The zero-order chi connectivity index (χ0) is 16.2. The molecule has 0 unspecified atom stereocenters. The van der Waals surface area contributed by atoms with Gasteiger partial charge in [0.1, 0.15) is 0 Å². The lowest BCUT2D eigenvalue weighted by atomic mass is 10.2. The Labute approximate surface area is 140 Å². The monoisotopic (exact) mass is 351 g/mol. The minimum atomic E-state index is -2.88. The Balaban J connectivity index is 1.65. The van der Waals surface area contributed by atoms with E-state index < -0.39 is 9.84 Å². The minimum absolute atomic E-state index is 0.0662. The third kappa shape index (κ3) is 2.92. The van der Waals surface area contributed by atoms with Gasteiger partial charge in [0.2, 0.25) is 0 Å². The lowest BCUT2D eigenvalue weighted by Crippen LogP contribution is -2.13. The second-order valence-corrected chi connectivity index (χ2v) is 9.76. The van der Waals surface area contributed by atoms with Gasteiger partial charge in [0.05, 0.1) is 17.2 Å². The topological polar surface area (TPSA) is 64.0 Å². The molecule has 3 heterocycles. The van der Waals surface area contributed by atoms with Crippen LogP contribution in [0.5, 0.6) is 0 Å². The second kappa shape index (κ2) is 5.34. The molecule has 1 atom stereocenters. The lowest BCUT2D eigenvalue weighted by Gasteiger charge is -2.16. The Bertz CT molecular complexity index is 847. The molecule has 1 saturated carbocycles. The van der Waals surface area contributed by atoms with Crippen molar-refractivity contribution < 1.29 is 8.42 Å². The zero-order valence-electron chi connectivity index (χ0n) is 13.4. The van der Waals surface area contributed by atoms with Crippen LogP contribution in [0.15, 0.2) is 11.4 Å². The van der Waals surface area contributed by atoms with Crippen molar-refractivity contribution in [3.05, 3.63) is 22.8 Å². The highest BCUT2D eigenvalue weighted by molar-refractivity contribution is 7.91. The molecule has 2 aliphatic rings. The predicted molar refractivity (Wildman–Crippen MR) is 94.0 cm³/mol. The molecule has 0 aromatic carbocycles. The Hall–Kier alpha value is -1.34. The van der Waals surface area contributed by atoms with Gasteiger partial charge in [-0.1, -0.05) is 0 Å². The average molecular weight is 351 g/mol. The summed E-state index contributed by atoms with van der Waals surface area (Å²) in [7, 11) is -2.88. The predicted octanol–water partition coefficient (Wildman–Crippen LogP) is 3.16. The van der Waals surface area contributed by atoms with Crippen LogP contribution in [0.25, 0.3) is 11.3 Å². The number of nitrogens with zero attached hydrogens (tertiary/aromatic N) is 2. The van der Waals surface area contributed by atoms with Crippen LogP contribution in [-0.2, 0) is 9.84 Å². The van der Waals surface area contributed by atoms with E-state index >= 15 is 0 Å².